The highest BCUT2D eigenvalue weighted by atomic mass is 16.5. The zero-order valence-electron chi connectivity index (χ0n) is 9.82. The molecule has 0 rings (SSSR count). The molecule has 0 aromatic heterocycles. The first-order valence-electron chi connectivity index (χ1n) is 5.43. The van der Waals surface area contributed by atoms with Crippen LogP contribution in [0.2, 0.25) is 0 Å². The highest BCUT2D eigenvalue weighted by molar-refractivity contribution is 5.07. The van der Waals surface area contributed by atoms with E-state index in [9.17, 15) is 0 Å². The Morgan fingerprint density at radius 1 is 1.27 bits per heavy atom. The molecule has 15 heavy (non-hydrogen) atoms. The van der Waals surface area contributed by atoms with Crippen LogP contribution in [-0.4, -0.2) is 19.8 Å². The van der Waals surface area contributed by atoms with Gasteiger partial charge in [0.05, 0.1) is 12.4 Å². The maximum atomic E-state index is 5.34. The summed E-state index contributed by atoms with van der Waals surface area (Å²) in [6.45, 7) is 6.37. The summed E-state index contributed by atoms with van der Waals surface area (Å²) < 4.78 is 10.6. The van der Waals surface area contributed by atoms with E-state index >= 15 is 0 Å². The zero-order chi connectivity index (χ0) is 11.4. The summed E-state index contributed by atoms with van der Waals surface area (Å²) in [5.41, 5.74) is 0. The number of hydrogen-bond acceptors (Lipinski definition) is 2. The predicted octanol–water partition coefficient (Wildman–Crippen LogP) is 3.46. The van der Waals surface area contributed by atoms with E-state index < -0.39 is 0 Å². The van der Waals surface area contributed by atoms with Crippen LogP contribution in [0.25, 0.3) is 0 Å². The quantitative estimate of drug-likeness (QED) is 0.428. The van der Waals surface area contributed by atoms with Crippen LogP contribution in [0.4, 0.5) is 0 Å². The molecule has 0 saturated heterocycles. The number of ether oxygens (including phenoxy) is 2. The lowest BCUT2D eigenvalue weighted by Gasteiger charge is -2.13. The van der Waals surface area contributed by atoms with Gasteiger partial charge in [-0.2, -0.15) is 0 Å². The lowest BCUT2D eigenvalue weighted by atomic mass is 10.2. The summed E-state index contributed by atoms with van der Waals surface area (Å²) in [4.78, 5) is 0. The second kappa shape index (κ2) is 11.1. The van der Waals surface area contributed by atoms with Crippen molar-refractivity contribution in [2.45, 2.75) is 32.3 Å². The van der Waals surface area contributed by atoms with Crippen LogP contribution in [0.1, 0.15) is 26.2 Å². The Morgan fingerprint density at radius 2 is 2.07 bits per heavy atom. The SMILES string of the molecule is C=C/C=C\C=C\OCC(CCCC)OC. The first-order chi connectivity index (χ1) is 7.35. The Hall–Kier alpha value is -1.02. The van der Waals surface area contributed by atoms with Crippen molar-refractivity contribution >= 4 is 0 Å². The van der Waals surface area contributed by atoms with Gasteiger partial charge in [-0.25, -0.2) is 0 Å². The normalized spacial score (nSPS) is 13.5. The third-order valence-corrected chi connectivity index (χ3v) is 2.03. The molecule has 0 bridgehead atoms. The highest BCUT2D eigenvalue weighted by Gasteiger charge is 2.05. The van der Waals surface area contributed by atoms with Gasteiger partial charge in [-0.1, -0.05) is 44.6 Å². The van der Waals surface area contributed by atoms with Crippen LogP contribution < -0.4 is 0 Å². The van der Waals surface area contributed by atoms with Crippen molar-refractivity contribution in [1.29, 1.82) is 0 Å². The van der Waals surface area contributed by atoms with Crippen molar-refractivity contribution in [3.05, 3.63) is 37.1 Å². The molecule has 0 spiro atoms. The summed E-state index contributed by atoms with van der Waals surface area (Å²) in [7, 11) is 1.73. The summed E-state index contributed by atoms with van der Waals surface area (Å²) >= 11 is 0. The van der Waals surface area contributed by atoms with Crippen LogP contribution in [0.15, 0.2) is 37.1 Å². The fourth-order valence-corrected chi connectivity index (χ4v) is 1.11. The molecule has 1 unspecified atom stereocenters. The van der Waals surface area contributed by atoms with Gasteiger partial charge in [0, 0.05) is 7.11 Å². The lowest BCUT2D eigenvalue weighted by Crippen LogP contribution is -2.16. The average molecular weight is 210 g/mol. The van der Waals surface area contributed by atoms with Crippen LogP contribution >= 0.6 is 0 Å². The molecule has 0 amide bonds. The van der Waals surface area contributed by atoms with Gasteiger partial charge >= 0.3 is 0 Å². The van der Waals surface area contributed by atoms with Crippen molar-refractivity contribution in [2.75, 3.05) is 13.7 Å². The lowest BCUT2D eigenvalue weighted by molar-refractivity contribution is 0.0353. The van der Waals surface area contributed by atoms with Gasteiger partial charge in [-0.15, -0.1) is 0 Å². The van der Waals surface area contributed by atoms with Gasteiger partial charge in [-0.3, -0.25) is 0 Å². The van der Waals surface area contributed by atoms with Crippen LogP contribution in [-0.2, 0) is 9.47 Å². The second-order valence-electron chi connectivity index (χ2n) is 3.28. The number of allylic oxidation sites excluding steroid dienone is 4. The van der Waals surface area contributed by atoms with E-state index in [4.69, 9.17) is 9.47 Å². The van der Waals surface area contributed by atoms with Crippen molar-refractivity contribution in [3.63, 3.8) is 0 Å². The van der Waals surface area contributed by atoms with Gasteiger partial charge in [0.1, 0.15) is 6.61 Å². The molecular weight excluding hydrogens is 188 g/mol. The van der Waals surface area contributed by atoms with E-state index in [0.717, 1.165) is 6.42 Å². The maximum Gasteiger partial charge on any atom is 0.113 e. The molecule has 0 N–H and O–H groups in total. The third-order valence-electron chi connectivity index (χ3n) is 2.03. The standard InChI is InChI=1S/C13H22O2/c1-4-6-8-9-11-15-12-13(14-3)10-7-5-2/h4,6,8-9,11,13H,1,5,7,10,12H2,2-3H3/b8-6-,11-9+. The largest absolute Gasteiger partial charge is 0.498 e. The number of hydrogen-bond donors (Lipinski definition) is 0. The zero-order valence-corrected chi connectivity index (χ0v) is 9.82. The molecule has 0 aromatic carbocycles. The van der Waals surface area contributed by atoms with Crippen molar-refractivity contribution in [2.24, 2.45) is 0 Å². The molecule has 0 aliphatic rings. The molecule has 0 radical (unpaired) electrons. The molecule has 0 heterocycles. The molecule has 0 fully saturated rings. The van der Waals surface area contributed by atoms with E-state index in [1.807, 2.05) is 18.2 Å². The summed E-state index contributed by atoms with van der Waals surface area (Å²) in [6.07, 6.45) is 12.6. The molecule has 86 valence electrons. The van der Waals surface area contributed by atoms with Crippen LogP contribution in [0.3, 0.4) is 0 Å². The van der Waals surface area contributed by atoms with Crippen molar-refractivity contribution in [3.8, 4) is 0 Å². The number of rotatable bonds is 9. The predicted molar refractivity (Wildman–Crippen MR) is 64.8 cm³/mol. The second-order valence-corrected chi connectivity index (χ2v) is 3.28. The van der Waals surface area contributed by atoms with Gasteiger partial charge < -0.3 is 9.47 Å². The maximum absolute atomic E-state index is 5.34. The minimum atomic E-state index is 0.206. The average Bonchev–Trinajstić information content (AvgIpc) is 2.27. The Morgan fingerprint density at radius 3 is 2.67 bits per heavy atom. The van der Waals surface area contributed by atoms with Crippen LogP contribution in [0.5, 0.6) is 0 Å². The summed E-state index contributed by atoms with van der Waals surface area (Å²) in [5, 5.41) is 0. The van der Waals surface area contributed by atoms with Crippen molar-refractivity contribution < 1.29 is 9.47 Å². The molecular formula is C13H22O2. The molecule has 0 aliphatic carbocycles. The van der Waals surface area contributed by atoms with Gasteiger partial charge in [0.25, 0.3) is 0 Å². The minimum absolute atomic E-state index is 0.206. The fourth-order valence-electron chi connectivity index (χ4n) is 1.11. The number of unbranched alkanes of at least 4 members (excludes halogenated alkanes) is 1. The molecule has 2 nitrogen and oxygen atoms in total. The molecule has 0 saturated carbocycles. The fraction of sp³-hybridized carbons (Fsp3) is 0.538. The smallest absolute Gasteiger partial charge is 0.113 e. The Kier molecular flexibility index (Phi) is 10.3. The number of methoxy groups -OCH3 is 1. The van der Waals surface area contributed by atoms with E-state index in [1.54, 1.807) is 19.4 Å². The third kappa shape index (κ3) is 9.29. The van der Waals surface area contributed by atoms with E-state index in [1.165, 1.54) is 12.8 Å². The van der Waals surface area contributed by atoms with E-state index in [0.29, 0.717) is 6.61 Å². The molecule has 2 heteroatoms. The Labute approximate surface area is 93.3 Å². The van der Waals surface area contributed by atoms with Gasteiger partial charge in [-0.05, 0) is 12.5 Å². The first kappa shape index (κ1) is 14.0. The Bertz CT molecular complexity index is 195. The molecule has 0 aromatic rings. The van der Waals surface area contributed by atoms with Crippen LogP contribution in [0, 0.1) is 0 Å². The van der Waals surface area contributed by atoms with Crippen molar-refractivity contribution in [1.82, 2.24) is 0 Å². The summed E-state index contributed by atoms with van der Waals surface area (Å²) in [5.74, 6) is 0. The summed E-state index contributed by atoms with van der Waals surface area (Å²) in [6, 6.07) is 0. The van der Waals surface area contributed by atoms with E-state index in [2.05, 4.69) is 13.5 Å². The van der Waals surface area contributed by atoms with Gasteiger partial charge in [0.2, 0.25) is 0 Å². The molecule has 0 aliphatic heterocycles. The topological polar surface area (TPSA) is 18.5 Å². The highest BCUT2D eigenvalue weighted by Crippen LogP contribution is 2.04. The monoisotopic (exact) mass is 210 g/mol. The Balaban J connectivity index is 3.57. The van der Waals surface area contributed by atoms with Gasteiger partial charge in [0.15, 0.2) is 0 Å². The van der Waals surface area contributed by atoms with E-state index in [-0.39, 0.29) is 6.10 Å². The minimum Gasteiger partial charge on any atom is -0.498 e. The molecule has 1 atom stereocenters. The first-order valence-corrected chi connectivity index (χ1v) is 5.43.